The third kappa shape index (κ3) is 7.64. The monoisotopic (exact) mass is 542 g/mol. The molecule has 1 aliphatic rings. The molecule has 31 heavy (non-hydrogen) atoms. The van der Waals surface area contributed by atoms with Crippen LogP contribution in [-0.2, 0) is 24.9 Å². The van der Waals surface area contributed by atoms with Crippen LogP contribution in [0, 0.1) is 12.3 Å². The second-order valence-corrected chi connectivity index (χ2v) is 7.89. The molecule has 9 heteroatoms. The molecule has 0 radical (unpaired) electrons. The van der Waals surface area contributed by atoms with Crippen molar-refractivity contribution in [2.75, 3.05) is 26.9 Å². The summed E-state index contributed by atoms with van der Waals surface area (Å²) >= 11 is 0. The summed E-state index contributed by atoms with van der Waals surface area (Å²) in [6, 6.07) is 7.99. The highest BCUT2D eigenvalue weighted by Gasteiger charge is 2.41. The zero-order valence-electron chi connectivity index (χ0n) is 19.0. The average Bonchev–Trinajstić information content (AvgIpc) is 3.47. The van der Waals surface area contributed by atoms with Gasteiger partial charge in [-0.1, -0.05) is 12.1 Å². The third-order valence-electron chi connectivity index (χ3n) is 5.74. The fraction of sp³-hybridized carbons (Fsp3) is 0.591. The van der Waals surface area contributed by atoms with Gasteiger partial charge in [-0.2, -0.15) is 0 Å². The topological polar surface area (TPSA) is 85.6 Å². The Kier molecular flexibility index (Phi) is 10.0. The molecule has 1 aromatic heterocycles. The smallest absolute Gasteiger partial charge is 0.191 e. The van der Waals surface area contributed by atoms with Crippen molar-refractivity contribution in [2.45, 2.75) is 46.2 Å². The summed E-state index contributed by atoms with van der Waals surface area (Å²) in [5.41, 5.74) is 1.46. The van der Waals surface area contributed by atoms with E-state index in [-0.39, 0.29) is 24.0 Å². The lowest BCUT2D eigenvalue weighted by Gasteiger charge is -2.19. The molecule has 1 aliphatic carbocycles. The molecule has 3 rings (SSSR count). The molecule has 1 fully saturated rings. The second kappa shape index (κ2) is 12.2. The molecule has 2 N–H and O–H groups in total. The number of nitrogens with one attached hydrogen (secondary N) is 2. The normalized spacial score (nSPS) is 14.6. The summed E-state index contributed by atoms with van der Waals surface area (Å²) in [6.45, 7) is 7.63. The van der Waals surface area contributed by atoms with Gasteiger partial charge in [-0.15, -0.1) is 34.2 Å². The number of aliphatic imine (C=N–C) groups is 1. The third-order valence-corrected chi connectivity index (χ3v) is 5.74. The highest BCUT2D eigenvalue weighted by Crippen LogP contribution is 2.48. The summed E-state index contributed by atoms with van der Waals surface area (Å²) in [7, 11) is 3.65. The Morgan fingerprint density at radius 2 is 1.94 bits per heavy atom. The lowest BCUT2D eigenvalue weighted by molar-refractivity contribution is 0.128. The van der Waals surface area contributed by atoms with Crippen LogP contribution in [0.5, 0.6) is 5.75 Å². The van der Waals surface area contributed by atoms with Gasteiger partial charge in [0, 0.05) is 26.8 Å². The summed E-state index contributed by atoms with van der Waals surface area (Å²) in [5.74, 6) is 3.41. The maximum absolute atomic E-state index is 5.56. The first-order valence-electron chi connectivity index (χ1n) is 10.6. The second-order valence-electron chi connectivity index (χ2n) is 7.89. The molecular formula is C22H35IN6O2. The van der Waals surface area contributed by atoms with Crippen LogP contribution in [-0.4, -0.2) is 47.6 Å². The van der Waals surface area contributed by atoms with Gasteiger partial charge in [0.25, 0.3) is 0 Å². The van der Waals surface area contributed by atoms with E-state index in [9.17, 15) is 0 Å². The molecule has 0 saturated heterocycles. The van der Waals surface area contributed by atoms with E-state index >= 15 is 0 Å². The first-order valence-corrected chi connectivity index (χ1v) is 10.6. The van der Waals surface area contributed by atoms with E-state index in [2.05, 4.69) is 20.8 Å². The molecule has 0 bridgehead atoms. The van der Waals surface area contributed by atoms with Crippen LogP contribution in [0.2, 0.25) is 0 Å². The number of nitrogens with zero attached hydrogens (tertiary/aromatic N) is 4. The van der Waals surface area contributed by atoms with E-state index in [1.54, 1.807) is 7.11 Å². The Hall–Kier alpha value is -1.88. The number of hydrogen-bond donors (Lipinski definition) is 2. The number of halogens is 1. The van der Waals surface area contributed by atoms with Crippen molar-refractivity contribution in [1.29, 1.82) is 0 Å². The molecule has 1 saturated carbocycles. The van der Waals surface area contributed by atoms with Crippen LogP contribution in [0.4, 0.5) is 0 Å². The van der Waals surface area contributed by atoms with E-state index in [1.165, 1.54) is 12.8 Å². The molecule has 2 aromatic rings. The molecular weight excluding hydrogens is 507 g/mol. The van der Waals surface area contributed by atoms with Crippen molar-refractivity contribution in [3.63, 3.8) is 0 Å². The number of aryl methyl sites for hydroxylation is 1. The number of hydrogen-bond acceptors (Lipinski definition) is 5. The molecule has 0 aliphatic heterocycles. The summed E-state index contributed by atoms with van der Waals surface area (Å²) in [4.78, 5) is 4.79. The largest absolute Gasteiger partial charge is 0.497 e. The Morgan fingerprint density at radius 3 is 2.52 bits per heavy atom. The number of rotatable bonds is 11. The van der Waals surface area contributed by atoms with Crippen molar-refractivity contribution in [3.8, 4) is 5.75 Å². The molecule has 0 unspecified atom stereocenters. The van der Waals surface area contributed by atoms with Gasteiger partial charge in [0.15, 0.2) is 11.8 Å². The van der Waals surface area contributed by atoms with E-state index in [1.807, 2.05) is 49.7 Å². The number of guanidine groups is 1. The quantitative estimate of drug-likeness (QED) is 0.196. The Bertz CT molecular complexity index is 833. The molecule has 0 spiro atoms. The van der Waals surface area contributed by atoms with E-state index in [4.69, 9.17) is 14.5 Å². The maximum Gasteiger partial charge on any atom is 0.191 e. The Balaban J connectivity index is 0.00000341. The minimum Gasteiger partial charge on any atom is -0.497 e. The van der Waals surface area contributed by atoms with Gasteiger partial charge in [0.05, 0.1) is 20.2 Å². The fourth-order valence-electron chi connectivity index (χ4n) is 3.24. The number of ether oxygens (including phenoxy) is 2. The van der Waals surface area contributed by atoms with Gasteiger partial charge in [0.1, 0.15) is 11.6 Å². The van der Waals surface area contributed by atoms with Crippen LogP contribution in [0.15, 0.2) is 29.3 Å². The predicted octanol–water partition coefficient (Wildman–Crippen LogP) is 3.19. The van der Waals surface area contributed by atoms with Gasteiger partial charge in [-0.3, -0.25) is 0 Å². The lowest BCUT2D eigenvalue weighted by atomic mass is 10.0. The van der Waals surface area contributed by atoms with Crippen LogP contribution in [0.25, 0.3) is 0 Å². The summed E-state index contributed by atoms with van der Waals surface area (Å²) in [6.07, 6.45) is 3.56. The van der Waals surface area contributed by atoms with Crippen LogP contribution in [0.1, 0.15) is 43.4 Å². The van der Waals surface area contributed by atoms with Crippen molar-refractivity contribution >= 4 is 29.9 Å². The number of aromatic nitrogens is 3. The van der Waals surface area contributed by atoms with Crippen molar-refractivity contribution in [2.24, 2.45) is 17.5 Å². The van der Waals surface area contributed by atoms with Crippen molar-refractivity contribution in [3.05, 3.63) is 41.5 Å². The first-order chi connectivity index (χ1) is 14.5. The standard InChI is InChI=1S/C22H34N6O2.HI/c1-5-30-13-12-22(10-11-22)16-25-21(24-15-20-27-26-17(2)28(20)3)23-14-18-6-8-19(29-4)9-7-18;/h6-9H,5,10-16H2,1-4H3,(H2,23,24,25);1H. The number of benzene rings is 1. The van der Waals surface area contributed by atoms with Gasteiger partial charge in [-0.05, 0) is 56.2 Å². The van der Waals surface area contributed by atoms with Gasteiger partial charge < -0.3 is 24.7 Å². The summed E-state index contributed by atoms with van der Waals surface area (Å²) in [5, 5.41) is 15.3. The highest BCUT2D eigenvalue weighted by molar-refractivity contribution is 14.0. The van der Waals surface area contributed by atoms with Crippen LogP contribution < -0.4 is 15.4 Å². The minimum atomic E-state index is 0. The SMILES string of the molecule is CCOCCC1(CNC(=NCc2ccc(OC)cc2)NCc2nnc(C)n2C)CC1.I. The molecule has 1 heterocycles. The average molecular weight is 542 g/mol. The number of methoxy groups -OCH3 is 1. The lowest BCUT2D eigenvalue weighted by Crippen LogP contribution is -2.40. The van der Waals surface area contributed by atoms with Crippen LogP contribution >= 0.6 is 24.0 Å². The maximum atomic E-state index is 5.56. The Labute approximate surface area is 202 Å². The minimum absolute atomic E-state index is 0. The summed E-state index contributed by atoms with van der Waals surface area (Å²) < 4.78 is 12.8. The molecule has 8 nitrogen and oxygen atoms in total. The molecule has 0 amide bonds. The fourth-order valence-corrected chi connectivity index (χ4v) is 3.24. The highest BCUT2D eigenvalue weighted by atomic mass is 127. The predicted molar refractivity (Wildman–Crippen MR) is 133 cm³/mol. The van der Waals surface area contributed by atoms with E-state index in [0.29, 0.717) is 18.5 Å². The van der Waals surface area contributed by atoms with E-state index in [0.717, 1.165) is 55.1 Å². The first kappa shape index (κ1) is 25.4. The Morgan fingerprint density at radius 1 is 1.19 bits per heavy atom. The van der Waals surface area contributed by atoms with Gasteiger partial charge in [-0.25, -0.2) is 4.99 Å². The zero-order chi connectivity index (χ0) is 21.4. The van der Waals surface area contributed by atoms with Crippen molar-refractivity contribution in [1.82, 2.24) is 25.4 Å². The van der Waals surface area contributed by atoms with Crippen LogP contribution in [0.3, 0.4) is 0 Å². The zero-order valence-corrected chi connectivity index (χ0v) is 21.3. The van der Waals surface area contributed by atoms with Gasteiger partial charge >= 0.3 is 0 Å². The molecule has 1 aromatic carbocycles. The van der Waals surface area contributed by atoms with Gasteiger partial charge in [0.2, 0.25) is 0 Å². The van der Waals surface area contributed by atoms with Crippen molar-refractivity contribution < 1.29 is 9.47 Å². The molecule has 0 atom stereocenters. The van der Waals surface area contributed by atoms with E-state index < -0.39 is 0 Å². The molecule has 172 valence electrons.